The zero-order valence-corrected chi connectivity index (χ0v) is 13.0. The van der Waals surface area contributed by atoms with Gasteiger partial charge in [-0.2, -0.15) is 0 Å². The third-order valence-electron chi connectivity index (χ3n) is 4.85. The van der Waals surface area contributed by atoms with Crippen LogP contribution in [0, 0.1) is 0 Å². The molecule has 2 aliphatic rings. The maximum Gasteiger partial charge on any atom is 0.253 e. The molecule has 1 atom stereocenters. The fourth-order valence-electron chi connectivity index (χ4n) is 3.39. The largest absolute Gasteiger partial charge is 0.497 e. The molecule has 1 aromatic carbocycles. The normalized spacial score (nSPS) is 24.3. The van der Waals surface area contributed by atoms with E-state index in [1.165, 1.54) is 0 Å². The van der Waals surface area contributed by atoms with E-state index in [-0.39, 0.29) is 5.91 Å². The van der Waals surface area contributed by atoms with E-state index in [0.717, 1.165) is 18.6 Å². The van der Waals surface area contributed by atoms with Crippen molar-refractivity contribution in [2.24, 2.45) is 0 Å². The molecule has 2 fully saturated rings. The van der Waals surface area contributed by atoms with Crippen molar-refractivity contribution >= 4 is 5.91 Å². The van der Waals surface area contributed by atoms with Crippen LogP contribution in [-0.4, -0.2) is 54.4 Å². The van der Waals surface area contributed by atoms with Crippen molar-refractivity contribution < 1.29 is 19.4 Å². The molecule has 120 valence electrons. The lowest BCUT2D eigenvalue weighted by molar-refractivity contribution is -0.174. The number of aliphatic hydroxyl groups is 1. The summed E-state index contributed by atoms with van der Waals surface area (Å²) in [6.45, 7) is 1.97. The predicted molar refractivity (Wildman–Crippen MR) is 82.1 cm³/mol. The van der Waals surface area contributed by atoms with Crippen molar-refractivity contribution in [1.82, 2.24) is 4.90 Å². The van der Waals surface area contributed by atoms with Crippen LogP contribution in [0.2, 0.25) is 0 Å². The minimum absolute atomic E-state index is 0.0304. The number of hydrogen-bond donors (Lipinski definition) is 1. The maximum atomic E-state index is 12.5. The highest BCUT2D eigenvalue weighted by Crippen LogP contribution is 2.35. The number of benzene rings is 1. The molecule has 5 nitrogen and oxygen atoms in total. The second-order valence-electron chi connectivity index (χ2n) is 6.09. The molecule has 2 heterocycles. The Balaban J connectivity index is 1.64. The fourth-order valence-corrected chi connectivity index (χ4v) is 3.39. The topological polar surface area (TPSA) is 59.0 Å². The summed E-state index contributed by atoms with van der Waals surface area (Å²) >= 11 is 0. The lowest BCUT2D eigenvalue weighted by Gasteiger charge is -2.46. The molecule has 0 aromatic heterocycles. The van der Waals surface area contributed by atoms with E-state index in [1.807, 2.05) is 4.90 Å². The number of rotatable bonds is 2. The van der Waals surface area contributed by atoms with Crippen LogP contribution in [0.15, 0.2) is 24.3 Å². The summed E-state index contributed by atoms with van der Waals surface area (Å²) in [5.41, 5.74) is 0.233. The molecule has 0 saturated carbocycles. The average Bonchev–Trinajstić information content (AvgIpc) is 2.58. The van der Waals surface area contributed by atoms with Crippen molar-refractivity contribution in [1.29, 1.82) is 0 Å². The van der Waals surface area contributed by atoms with Gasteiger partial charge in [-0.15, -0.1) is 0 Å². The third kappa shape index (κ3) is 2.83. The number of nitrogens with zero attached hydrogens (tertiary/aromatic N) is 1. The summed E-state index contributed by atoms with van der Waals surface area (Å²) < 4.78 is 11.0. The number of carbonyl (C=O) groups is 1. The van der Waals surface area contributed by atoms with Crippen molar-refractivity contribution in [3.05, 3.63) is 29.8 Å². The van der Waals surface area contributed by atoms with E-state index in [2.05, 4.69) is 0 Å². The minimum Gasteiger partial charge on any atom is -0.497 e. The van der Waals surface area contributed by atoms with Gasteiger partial charge in [-0.3, -0.25) is 4.79 Å². The summed E-state index contributed by atoms with van der Waals surface area (Å²) in [6.07, 6.45) is 2.72. The summed E-state index contributed by atoms with van der Waals surface area (Å²) in [4.78, 5) is 14.4. The second kappa shape index (κ2) is 6.26. The summed E-state index contributed by atoms with van der Waals surface area (Å²) in [5, 5.41) is 10.2. The molecule has 22 heavy (non-hydrogen) atoms. The number of hydrogen-bond acceptors (Lipinski definition) is 4. The number of ether oxygens (including phenoxy) is 2. The average molecular weight is 305 g/mol. The van der Waals surface area contributed by atoms with Gasteiger partial charge in [0, 0.05) is 25.3 Å². The van der Waals surface area contributed by atoms with Gasteiger partial charge >= 0.3 is 0 Å². The van der Waals surface area contributed by atoms with Gasteiger partial charge in [-0.1, -0.05) is 0 Å². The Hall–Kier alpha value is -1.59. The molecule has 2 aliphatic heterocycles. The Morgan fingerprint density at radius 3 is 2.59 bits per heavy atom. The quantitative estimate of drug-likeness (QED) is 0.906. The lowest BCUT2D eigenvalue weighted by atomic mass is 9.82. The van der Waals surface area contributed by atoms with Crippen molar-refractivity contribution in [2.75, 3.05) is 26.8 Å². The molecule has 0 bridgehead atoms. The van der Waals surface area contributed by atoms with E-state index in [1.54, 1.807) is 31.4 Å². The first-order valence-corrected chi connectivity index (χ1v) is 7.90. The van der Waals surface area contributed by atoms with Crippen molar-refractivity contribution in [2.45, 2.75) is 37.4 Å². The van der Waals surface area contributed by atoms with Gasteiger partial charge in [0.1, 0.15) is 5.75 Å². The molecular weight excluding hydrogens is 282 g/mol. The van der Waals surface area contributed by atoms with Crippen molar-refractivity contribution in [3.8, 4) is 5.75 Å². The van der Waals surface area contributed by atoms with Gasteiger partial charge in [-0.25, -0.2) is 0 Å². The molecule has 0 aliphatic carbocycles. The second-order valence-corrected chi connectivity index (χ2v) is 6.09. The first-order valence-electron chi connectivity index (χ1n) is 7.90. The zero-order valence-electron chi connectivity index (χ0n) is 13.0. The zero-order chi connectivity index (χ0) is 15.6. The lowest BCUT2D eigenvalue weighted by Crippen LogP contribution is -2.56. The van der Waals surface area contributed by atoms with Crippen LogP contribution in [0.5, 0.6) is 5.75 Å². The van der Waals surface area contributed by atoms with Gasteiger partial charge in [0.25, 0.3) is 5.91 Å². The Bertz CT molecular complexity index is 520. The molecule has 2 saturated heterocycles. The smallest absolute Gasteiger partial charge is 0.253 e. The van der Waals surface area contributed by atoms with Gasteiger partial charge in [0.2, 0.25) is 0 Å². The molecule has 5 heteroatoms. The van der Waals surface area contributed by atoms with Crippen LogP contribution < -0.4 is 4.74 Å². The third-order valence-corrected chi connectivity index (χ3v) is 4.85. The standard InChI is InChI=1S/C17H23NO4/c1-21-14-6-4-13(5-7-14)16(20)18-10-8-17(9-11-18)15(19)3-2-12-22-17/h4-7,15,19H,2-3,8-12H2,1H3/t15-/m1/s1. The van der Waals surface area contributed by atoms with Crippen LogP contribution in [0.4, 0.5) is 0 Å². The number of likely N-dealkylation sites (tertiary alicyclic amines) is 1. The van der Waals surface area contributed by atoms with Crippen LogP contribution in [0.1, 0.15) is 36.0 Å². The first-order chi connectivity index (χ1) is 10.6. The van der Waals surface area contributed by atoms with Gasteiger partial charge in [0.15, 0.2) is 0 Å². The molecule has 0 unspecified atom stereocenters. The highest BCUT2D eigenvalue weighted by atomic mass is 16.5. The minimum atomic E-state index is -0.436. The van der Waals surface area contributed by atoms with E-state index in [4.69, 9.17) is 9.47 Å². The van der Waals surface area contributed by atoms with Crippen LogP contribution in [0.25, 0.3) is 0 Å². The van der Waals surface area contributed by atoms with E-state index in [9.17, 15) is 9.90 Å². The number of carbonyl (C=O) groups excluding carboxylic acids is 1. The van der Waals surface area contributed by atoms with Crippen molar-refractivity contribution in [3.63, 3.8) is 0 Å². The monoisotopic (exact) mass is 305 g/mol. The predicted octanol–water partition coefficient (Wildman–Crippen LogP) is 1.84. The fraction of sp³-hybridized carbons (Fsp3) is 0.588. The van der Waals surface area contributed by atoms with E-state index < -0.39 is 11.7 Å². The Labute approximate surface area is 130 Å². The van der Waals surface area contributed by atoms with E-state index in [0.29, 0.717) is 38.1 Å². The molecule has 0 radical (unpaired) electrons. The molecule has 1 spiro atoms. The number of methoxy groups -OCH3 is 1. The maximum absolute atomic E-state index is 12.5. The number of amides is 1. The molecule has 3 rings (SSSR count). The van der Waals surface area contributed by atoms with Gasteiger partial charge in [0.05, 0.1) is 18.8 Å². The Morgan fingerprint density at radius 2 is 2.00 bits per heavy atom. The molecule has 1 amide bonds. The first kappa shape index (κ1) is 15.3. The van der Waals surface area contributed by atoms with Crippen LogP contribution in [0.3, 0.4) is 0 Å². The molecule has 1 aromatic rings. The van der Waals surface area contributed by atoms with Gasteiger partial charge in [-0.05, 0) is 49.9 Å². The Morgan fingerprint density at radius 1 is 1.32 bits per heavy atom. The SMILES string of the molecule is COc1ccc(C(=O)N2CCC3(CC2)OCCC[C@H]3O)cc1. The highest BCUT2D eigenvalue weighted by molar-refractivity contribution is 5.94. The molecule has 1 N–H and O–H groups in total. The molecular formula is C17H23NO4. The van der Waals surface area contributed by atoms with E-state index >= 15 is 0 Å². The van der Waals surface area contributed by atoms with Crippen LogP contribution in [-0.2, 0) is 4.74 Å². The summed E-state index contributed by atoms with van der Waals surface area (Å²) in [7, 11) is 1.61. The van der Waals surface area contributed by atoms with Crippen LogP contribution >= 0.6 is 0 Å². The summed E-state index contributed by atoms with van der Waals surface area (Å²) in [5.74, 6) is 0.774. The highest BCUT2D eigenvalue weighted by Gasteiger charge is 2.44. The number of piperidine rings is 1. The number of aliphatic hydroxyl groups excluding tert-OH is 1. The van der Waals surface area contributed by atoms with Gasteiger partial charge < -0.3 is 19.5 Å². The summed E-state index contributed by atoms with van der Waals surface area (Å²) in [6, 6.07) is 7.17. The Kier molecular flexibility index (Phi) is 4.36.